The van der Waals surface area contributed by atoms with Crippen LogP contribution in [0.3, 0.4) is 0 Å². The van der Waals surface area contributed by atoms with Crippen LogP contribution in [0.25, 0.3) is 0 Å². The van der Waals surface area contributed by atoms with Crippen molar-refractivity contribution in [1.29, 1.82) is 0 Å². The highest BCUT2D eigenvalue weighted by Crippen LogP contribution is 2.24. The van der Waals surface area contributed by atoms with Crippen molar-refractivity contribution in [3.8, 4) is 0 Å². The number of rotatable bonds is 10. The summed E-state index contributed by atoms with van der Waals surface area (Å²) in [6, 6.07) is 10.3. The van der Waals surface area contributed by atoms with Gasteiger partial charge in [-0.05, 0) is 31.2 Å². The Morgan fingerprint density at radius 3 is 2.66 bits per heavy atom. The lowest BCUT2D eigenvalue weighted by atomic mass is 10.2. The first-order valence-corrected chi connectivity index (χ1v) is 12.3. The fraction of sp³-hybridized carbons (Fsp3) is 0.250. The summed E-state index contributed by atoms with van der Waals surface area (Å²) in [7, 11) is -4.09. The molecule has 0 bridgehead atoms. The number of carbonyl (C=O) groups is 1. The SMILES string of the molecule is Cc1ccc(S(=O)(=O)N(CC(=O)NCCSc2ncn[nH]2)Cc2c(F)cccc2Cl)cc1. The van der Waals surface area contributed by atoms with Gasteiger partial charge in [0.15, 0.2) is 5.16 Å². The van der Waals surface area contributed by atoms with Gasteiger partial charge in [0.1, 0.15) is 12.1 Å². The fourth-order valence-corrected chi connectivity index (χ4v) is 4.99. The van der Waals surface area contributed by atoms with Crippen LogP contribution in [-0.2, 0) is 21.4 Å². The molecule has 0 spiro atoms. The number of halogens is 2. The van der Waals surface area contributed by atoms with E-state index in [9.17, 15) is 17.6 Å². The number of nitrogens with zero attached hydrogens (tertiary/aromatic N) is 3. The van der Waals surface area contributed by atoms with E-state index in [4.69, 9.17) is 11.6 Å². The van der Waals surface area contributed by atoms with E-state index in [2.05, 4.69) is 20.5 Å². The Balaban J connectivity index is 1.75. The number of aromatic nitrogens is 3. The molecular weight excluding hydrogens is 477 g/mol. The van der Waals surface area contributed by atoms with Crippen molar-refractivity contribution in [2.24, 2.45) is 0 Å². The normalized spacial score (nSPS) is 11.6. The Bertz CT molecular complexity index is 1140. The number of aryl methyl sites for hydroxylation is 1. The lowest BCUT2D eigenvalue weighted by Gasteiger charge is -2.23. The average Bonchev–Trinajstić information content (AvgIpc) is 3.27. The summed E-state index contributed by atoms with van der Waals surface area (Å²) in [6.45, 7) is 1.23. The molecule has 0 aliphatic heterocycles. The molecule has 0 atom stereocenters. The van der Waals surface area contributed by atoms with E-state index in [0.29, 0.717) is 10.9 Å². The molecule has 32 heavy (non-hydrogen) atoms. The summed E-state index contributed by atoms with van der Waals surface area (Å²) in [5.41, 5.74) is 0.883. The summed E-state index contributed by atoms with van der Waals surface area (Å²) < 4.78 is 41.8. The number of benzene rings is 2. The predicted molar refractivity (Wildman–Crippen MR) is 120 cm³/mol. The number of sulfonamides is 1. The molecular formula is C20H21ClFN5O3S2. The van der Waals surface area contributed by atoms with Crippen LogP contribution in [0.1, 0.15) is 11.1 Å². The summed E-state index contributed by atoms with van der Waals surface area (Å²) in [6.07, 6.45) is 1.38. The number of carbonyl (C=O) groups excluding carboxylic acids is 1. The van der Waals surface area contributed by atoms with Gasteiger partial charge < -0.3 is 5.32 Å². The zero-order chi connectivity index (χ0) is 23.1. The van der Waals surface area contributed by atoms with Crippen molar-refractivity contribution in [1.82, 2.24) is 24.8 Å². The summed E-state index contributed by atoms with van der Waals surface area (Å²) in [4.78, 5) is 16.5. The fourth-order valence-electron chi connectivity index (χ4n) is 2.76. The van der Waals surface area contributed by atoms with Gasteiger partial charge in [-0.1, -0.05) is 47.1 Å². The van der Waals surface area contributed by atoms with Gasteiger partial charge in [0.25, 0.3) is 0 Å². The van der Waals surface area contributed by atoms with Crippen molar-refractivity contribution >= 4 is 39.3 Å². The monoisotopic (exact) mass is 497 g/mol. The van der Waals surface area contributed by atoms with Crippen LogP contribution < -0.4 is 5.32 Å². The molecule has 170 valence electrons. The van der Waals surface area contributed by atoms with Crippen LogP contribution in [-0.4, -0.2) is 52.7 Å². The number of amides is 1. The minimum absolute atomic E-state index is 0.00136. The van der Waals surface area contributed by atoms with E-state index in [1.54, 1.807) is 12.1 Å². The van der Waals surface area contributed by atoms with Crippen molar-refractivity contribution in [2.75, 3.05) is 18.8 Å². The Labute approximate surface area is 194 Å². The van der Waals surface area contributed by atoms with Gasteiger partial charge in [0, 0.05) is 29.4 Å². The Hall–Kier alpha value is -2.47. The molecule has 8 nitrogen and oxygen atoms in total. The van der Waals surface area contributed by atoms with Gasteiger partial charge in [-0.3, -0.25) is 9.89 Å². The molecule has 1 amide bonds. The third kappa shape index (κ3) is 6.28. The molecule has 0 saturated carbocycles. The summed E-state index contributed by atoms with van der Waals surface area (Å²) >= 11 is 7.45. The first kappa shape index (κ1) is 24.2. The maximum atomic E-state index is 14.4. The lowest BCUT2D eigenvalue weighted by molar-refractivity contribution is -0.121. The number of hydrogen-bond acceptors (Lipinski definition) is 6. The Kier molecular flexibility index (Phi) is 8.24. The number of hydrogen-bond donors (Lipinski definition) is 2. The van der Waals surface area contributed by atoms with Gasteiger partial charge in [-0.25, -0.2) is 17.8 Å². The van der Waals surface area contributed by atoms with Crippen molar-refractivity contribution in [3.05, 3.63) is 70.8 Å². The molecule has 0 aliphatic rings. The topological polar surface area (TPSA) is 108 Å². The number of thioether (sulfide) groups is 1. The highest BCUT2D eigenvalue weighted by atomic mass is 35.5. The standard InChI is InChI=1S/C20H21ClFN5O3S2/c1-14-5-7-15(8-6-14)32(29,30)27(11-16-17(21)3-2-4-18(16)22)12-19(28)23-9-10-31-20-24-13-25-26-20/h2-8,13H,9-12H2,1H3,(H,23,28)(H,24,25,26). The van der Waals surface area contributed by atoms with Gasteiger partial charge >= 0.3 is 0 Å². The number of aromatic amines is 1. The van der Waals surface area contributed by atoms with E-state index in [1.165, 1.54) is 48.4 Å². The first-order valence-electron chi connectivity index (χ1n) is 9.52. The molecule has 2 aromatic carbocycles. The smallest absolute Gasteiger partial charge is 0.243 e. The predicted octanol–water partition coefficient (Wildman–Crippen LogP) is 3.01. The van der Waals surface area contributed by atoms with Crippen LogP contribution in [0, 0.1) is 12.7 Å². The molecule has 0 saturated heterocycles. The van der Waals surface area contributed by atoms with E-state index in [-0.39, 0.29) is 28.6 Å². The van der Waals surface area contributed by atoms with Crippen LogP contribution >= 0.6 is 23.4 Å². The summed E-state index contributed by atoms with van der Waals surface area (Å²) in [5, 5.41) is 9.78. The van der Waals surface area contributed by atoms with Crippen LogP contribution in [0.15, 0.2) is 58.8 Å². The van der Waals surface area contributed by atoms with Crippen LogP contribution in [0.5, 0.6) is 0 Å². The molecule has 0 fully saturated rings. The maximum absolute atomic E-state index is 14.4. The Morgan fingerprint density at radius 2 is 2.00 bits per heavy atom. The second-order valence-electron chi connectivity index (χ2n) is 6.78. The molecule has 0 aliphatic carbocycles. The van der Waals surface area contributed by atoms with E-state index >= 15 is 0 Å². The molecule has 2 N–H and O–H groups in total. The van der Waals surface area contributed by atoms with E-state index in [1.807, 2.05) is 6.92 Å². The highest BCUT2D eigenvalue weighted by Gasteiger charge is 2.28. The van der Waals surface area contributed by atoms with Crippen molar-refractivity contribution in [3.63, 3.8) is 0 Å². The molecule has 0 radical (unpaired) electrons. The molecule has 1 heterocycles. The third-order valence-corrected chi connectivity index (χ3v) is 7.47. The first-order chi connectivity index (χ1) is 15.3. The van der Waals surface area contributed by atoms with Gasteiger partial charge in [0.2, 0.25) is 15.9 Å². The lowest BCUT2D eigenvalue weighted by Crippen LogP contribution is -2.41. The average molecular weight is 498 g/mol. The van der Waals surface area contributed by atoms with Gasteiger partial charge in [-0.15, -0.1) is 0 Å². The molecule has 3 rings (SSSR count). The largest absolute Gasteiger partial charge is 0.354 e. The van der Waals surface area contributed by atoms with Crippen LogP contribution in [0.2, 0.25) is 5.02 Å². The van der Waals surface area contributed by atoms with Crippen molar-refractivity contribution in [2.45, 2.75) is 23.5 Å². The second kappa shape index (κ2) is 10.9. The van der Waals surface area contributed by atoms with Crippen molar-refractivity contribution < 1.29 is 17.6 Å². The second-order valence-corrected chi connectivity index (χ2v) is 10.2. The molecule has 12 heteroatoms. The van der Waals surface area contributed by atoms with Gasteiger partial charge in [-0.2, -0.15) is 9.40 Å². The minimum Gasteiger partial charge on any atom is -0.354 e. The molecule has 3 aromatic rings. The van der Waals surface area contributed by atoms with Crippen LogP contribution in [0.4, 0.5) is 4.39 Å². The highest BCUT2D eigenvalue weighted by molar-refractivity contribution is 7.99. The van der Waals surface area contributed by atoms with E-state index in [0.717, 1.165) is 9.87 Å². The minimum atomic E-state index is -4.09. The van der Waals surface area contributed by atoms with E-state index < -0.39 is 28.3 Å². The van der Waals surface area contributed by atoms with Gasteiger partial charge in [0.05, 0.1) is 11.4 Å². The number of H-pyrrole nitrogens is 1. The third-order valence-electron chi connectivity index (χ3n) is 4.43. The quantitative estimate of drug-likeness (QED) is 0.329. The zero-order valence-electron chi connectivity index (χ0n) is 17.1. The zero-order valence-corrected chi connectivity index (χ0v) is 19.5. The Morgan fingerprint density at radius 1 is 1.25 bits per heavy atom. The molecule has 1 aromatic heterocycles. The summed E-state index contributed by atoms with van der Waals surface area (Å²) in [5.74, 6) is -0.665. The molecule has 0 unspecified atom stereocenters. The number of nitrogens with one attached hydrogen (secondary N) is 2. The maximum Gasteiger partial charge on any atom is 0.243 e.